The molecule has 1 saturated heterocycles. The van der Waals surface area contributed by atoms with E-state index in [0.29, 0.717) is 12.1 Å². The first-order valence-corrected chi connectivity index (χ1v) is 7.72. The minimum absolute atomic E-state index is 0.414. The molecule has 2 atom stereocenters. The zero-order chi connectivity index (χ0) is 13.7. The number of hydrogen-bond acceptors (Lipinski definition) is 3. The summed E-state index contributed by atoms with van der Waals surface area (Å²) in [6.07, 6.45) is 5.56. The minimum atomic E-state index is 0.414. The molecule has 19 heavy (non-hydrogen) atoms. The Balaban J connectivity index is 2.05. The van der Waals surface area contributed by atoms with Crippen molar-refractivity contribution in [1.82, 2.24) is 10.2 Å². The summed E-state index contributed by atoms with van der Waals surface area (Å²) in [5.41, 5.74) is 0. The first-order valence-electron chi connectivity index (χ1n) is 7.72. The summed E-state index contributed by atoms with van der Waals surface area (Å²) in [6, 6.07) is 5.08. The first kappa shape index (κ1) is 14.6. The molecule has 0 saturated carbocycles. The Morgan fingerprint density at radius 2 is 2.32 bits per heavy atom. The smallest absolute Gasteiger partial charge is 0.120 e. The summed E-state index contributed by atoms with van der Waals surface area (Å²) < 4.78 is 5.65. The van der Waals surface area contributed by atoms with E-state index in [4.69, 9.17) is 4.42 Å². The van der Waals surface area contributed by atoms with E-state index in [-0.39, 0.29) is 0 Å². The molecule has 1 fully saturated rings. The van der Waals surface area contributed by atoms with E-state index >= 15 is 0 Å². The molecule has 3 heteroatoms. The lowest BCUT2D eigenvalue weighted by molar-refractivity contribution is 0.101. The van der Waals surface area contributed by atoms with Crippen LogP contribution < -0.4 is 5.32 Å². The SMILES string of the molecule is CCC(c1ccco1)N(CC1CCCNC1)C(C)C. The van der Waals surface area contributed by atoms with Crippen LogP contribution in [0.3, 0.4) is 0 Å². The third-order valence-electron chi connectivity index (χ3n) is 4.19. The lowest BCUT2D eigenvalue weighted by Crippen LogP contribution is -2.42. The van der Waals surface area contributed by atoms with Gasteiger partial charge in [0.1, 0.15) is 5.76 Å². The number of furan rings is 1. The van der Waals surface area contributed by atoms with Crippen molar-refractivity contribution in [2.45, 2.75) is 52.1 Å². The van der Waals surface area contributed by atoms with Crippen molar-refractivity contribution in [1.29, 1.82) is 0 Å². The number of nitrogens with zero attached hydrogens (tertiary/aromatic N) is 1. The molecule has 0 aromatic carbocycles. The Labute approximate surface area is 117 Å². The fourth-order valence-corrected chi connectivity index (χ4v) is 3.16. The van der Waals surface area contributed by atoms with Gasteiger partial charge in [0.05, 0.1) is 12.3 Å². The Morgan fingerprint density at radius 3 is 2.84 bits per heavy atom. The van der Waals surface area contributed by atoms with Crippen LogP contribution in [0.25, 0.3) is 0 Å². The predicted molar refractivity (Wildman–Crippen MR) is 79.2 cm³/mol. The van der Waals surface area contributed by atoms with Crippen LogP contribution in [0.4, 0.5) is 0 Å². The molecule has 2 unspecified atom stereocenters. The van der Waals surface area contributed by atoms with Crippen LogP contribution in [-0.4, -0.2) is 30.6 Å². The Morgan fingerprint density at radius 1 is 1.47 bits per heavy atom. The number of hydrogen-bond donors (Lipinski definition) is 1. The van der Waals surface area contributed by atoms with Gasteiger partial charge in [-0.1, -0.05) is 6.92 Å². The molecular weight excluding hydrogens is 236 g/mol. The minimum Gasteiger partial charge on any atom is -0.468 e. The molecule has 1 aromatic heterocycles. The van der Waals surface area contributed by atoms with Gasteiger partial charge >= 0.3 is 0 Å². The van der Waals surface area contributed by atoms with Crippen LogP contribution in [0, 0.1) is 5.92 Å². The van der Waals surface area contributed by atoms with Crippen molar-refractivity contribution < 1.29 is 4.42 Å². The van der Waals surface area contributed by atoms with E-state index < -0.39 is 0 Å². The quantitative estimate of drug-likeness (QED) is 0.853. The van der Waals surface area contributed by atoms with Gasteiger partial charge in [-0.25, -0.2) is 0 Å². The molecule has 1 aliphatic heterocycles. The zero-order valence-electron chi connectivity index (χ0n) is 12.6. The molecule has 0 spiro atoms. The fourth-order valence-electron chi connectivity index (χ4n) is 3.16. The predicted octanol–water partition coefficient (Wildman–Crippen LogP) is 3.44. The third kappa shape index (κ3) is 3.83. The second-order valence-corrected chi connectivity index (χ2v) is 5.94. The average Bonchev–Trinajstić information content (AvgIpc) is 2.93. The van der Waals surface area contributed by atoms with E-state index in [0.717, 1.165) is 24.6 Å². The highest BCUT2D eigenvalue weighted by Gasteiger charge is 2.26. The van der Waals surface area contributed by atoms with Crippen LogP contribution in [0.15, 0.2) is 22.8 Å². The van der Waals surface area contributed by atoms with E-state index in [1.54, 1.807) is 6.26 Å². The van der Waals surface area contributed by atoms with Crippen molar-refractivity contribution >= 4 is 0 Å². The van der Waals surface area contributed by atoms with Crippen LogP contribution in [0.2, 0.25) is 0 Å². The molecule has 0 aliphatic carbocycles. The van der Waals surface area contributed by atoms with Crippen molar-refractivity contribution in [3.8, 4) is 0 Å². The second kappa shape index (κ2) is 7.11. The van der Waals surface area contributed by atoms with Gasteiger partial charge in [-0.3, -0.25) is 4.90 Å². The summed E-state index contributed by atoms with van der Waals surface area (Å²) in [5.74, 6) is 1.89. The maximum Gasteiger partial charge on any atom is 0.120 e. The monoisotopic (exact) mass is 264 g/mol. The van der Waals surface area contributed by atoms with Crippen molar-refractivity contribution in [2.75, 3.05) is 19.6 Å². The Hall–Kier alpha value is -0.800. The van der Waals surface area contributed by atoms with E-state index in [9.17, 15) is 0 Å². The first-order chi connectivity index (χ1) is 9.22. The van der Waals surface area contributed by atoms with E-state index in [2.05, 4.69) is 37.1 Å². The highest BCUT2D eigenvalue weighted by molar-refractivity contribution is 5.05. The molecule has 0 bridgehead atoms. The van der Waals surface area contributed by atoms with Crippen LogP contribution in [0.5, 0.6) is 0 Å². The topological polar surface area (TPSA) is 28.4 Å². The van der Waals surface area contributed by atoms with E-state index in [1.165, 1.54) is 25.9 Å². The molecule has 2 heterocycles. The molecule has 108 valence electrons. The maximum absolute atomic E-state index is 5.65. The van der Waals surface area contributed by atoms with Crippen LogP contribution in [-0.2, 0) is 0 Å². The highest BCUT2D eigenvalue weighted by Crippen LogP contribution is 2.28. The molecule has 1 N–H and O–H groups in total. The number of piperidine rings is 1. The van der Waals surface area contributed by atoms with Gasteiger partial charge in [0, 0.05) is 12.6 Å². The Kier molecular flexibility index (Phi) is 5.46. The van der Waals surface area contributed by atoms with Gasteiger partial charge in [-0.05, 0) is 64.3 Å². The second-order valence-electron chi connectivity index (χ2n) is 5.94. The van der Waals surface area contributed by atoms with Crippen molar-refractivity contribution in [3.05, 3.63) is 24.2 Å². The lowest BCUT2D eigenvalue weighted by atomic mass is 9.96. The lowest BCUT2D eigenvalue weighted by Gasteiger charge is -2.37. The summed E-state index contributed by atoms with van der Waals surface area (Å²) in [7, 11) is 0. The van der Waals surface area contributed by atoms with Gasteiger partial charge in [0.15, 0.2) is 0 Å². The molecule has 3 nitrogen and oxygen atoms in total. The molecule has 0 amide bonds. The summed E-state index contributed by atoms with van der Waals surface area (Å²) in [5, 5.41) is 3.52. The Bertz CT molecular complexity index is 342. The normalized spacial score (nSPS) is 22.1. The van der Waals surface area contributed by atoms with Gasteiger partial charge in [-0.2, -0.15) is 0 Å². The summed E-state index contributed by atoms with van der Waals surface area (Å²) in [6.45, 7) is 10.4. The summed E-state index contributed by atoms with van der Waals surface area (Å²) >= 11 is 0. The molecule has 1 aliphatic rings. The van der Waals surface area contributed by atoms with Gasteiger partial charge in [0.25, 0.3) is 0 Å². The van der Waals surface area contributed by atoms with E-state index in [1.807, 2.05) is 6.07 Å². The van der Waals surface area contributed by atoms with Gasteiger partial charge in [0.2, 0.25) is 0 Å². The fraction of sp³-hybridized carbons (Fsp3) is 0.750. The largest absolute Gasteiger partial charge is 0.468 e. The zero-order valence-corrected chi connectivity index (χ0v) is 12.6. The third-order valence-corrected chi connectivity index (χ3v) is 4.19. The maximum atomic E-state index is 5.65. The van der Waals surface area contributed by atoms with Crippen LogP contribution in [0.1, 0.15) is 51.8 Å². The average molecular weight is 264 g/mol. The van der Waals surface area contributed by atoms with Crippen molar-refractivity contribution in [2.24, 2.45) is 5.92 Å². The van der Waals surface area contributed by atoms with Gasteiger partial charge in [-0.15, -0.1) is 0 Å². The molecule has 0 radical (unpaired) electrons. The summed E-state index contributed by atoms with van der Waals surface area (Å²) in [4.78, 5) is 2.61. The van der Waals surface area contributed by atoms with Gasteiger partial charge < -0.3 is 9.73 Å². The molecule has 2 rings (SSSR count). The van der Waals surface area contributed by atoms with Crippen LogP contribution >= 0.6 is 0 Å². The number of rotatable bonds is 6. The standard InChI is InChI=1S/C16H28N2O/c1-4-15(16-8-6-10-19-16)18(13(2)3)12-14-7-5-9-17-11-14/h6,8,10,13-15,17H,4-5,7,9,11-12H2,1-3H3. The highest BCUT2D eigenvalue weighted by atomic mass is 16.3. The molecular formula is C16H28N2O. The molecule has 1 aromatic rings. The van der Waals surface area contributed by atoms with Crippen molar-refractivity contribution in [3.63, 3.8) is 0 Å². The number of nitrogens with one attached hydrogen (secondary N) is 1.